The Balaban J connectivity index is 1.58. The fourth-order valence-electron chi connectivity index (χ4n) is 2.54. The second kappa shape index (κ2) is 8.54. The van der Waals surface area contributed by atoms with Gasteiger partial charge in [-0.05, 0) is 27.7 Å². The van der Waals surface area contributed by atoms with Crippen LogP contribution in [0, 0.1) is 0 Å². The van der Waals surface area contributed by atoms with Gasteiger partial charge in [0.05, 0.1) is 25.1 Å². The quantitative estimate of drug-likeness (QED) is 0.303. The smallest absolute Gasteiger partial charge is 0.383 e. The Labute approximate surface area is 162 Å². The summed E-state index contributed by atoms with van der Waals surface area (Å²) in [5.74, 6) is 0.965. The van der Waals surface area contributed by atoms with Gasteiger partial charge in [-0.15, -0.1) is 0 Å². The van der Waals surface area contributed by atoms with Gasteiger partial charge in [-0.25, -0.2) is 14.5 Å². The average molecular weight is 412 g/mol. The number of ether oxygens (including phenoxy) is 1. The second-order valence-corrected chi connectivity index (χ2v) is 8.19. The predicted molar refractivity (Wildman–Crippen MR) is 103 cm³/mol. The Morgan fingerprint density at radius 1 is 1.18 bits per heavy atom. The Kier molecular flexibility index (Phi) is 6.31. The van der Waals surface area contributed by atoms with Crippen LogP contribution in [0.5, 0.6) is 0 Å². The summed E-state index contributed by atoms with van der Waals surface area (Å²) in [4.78, 5) is 12.9. The molecule has 154 valence electrons. The molecule has 12 heteroatoms. The van der Waals surface area contributed by atoms with Crippen molar-refractivity contribution in [3.8, 4) is 0 Å². The monoisotopic (exact) mass is 412 g/mol. The molecule has 2 N–H and O–H groups in total. The Hall–Kier alpha value is -2.04. The van der Waals surface area contributed by atoms with Gasteiger partial charge in [0.25, 0.3) is 0 Å². The maximum absolute atomic E-state index is 12.5. The molecule has 0 saturated heterocycles. The number of nitrogens with two attached hydrogens (primary N) is 1. The van der Waals surface area contributed by atoms with Crippen LogP contribution >= 0.6 is 7.82 Å². The number of fused-ring (bicyclic) bond motifs is 2. The number of aromatic nitrogens is 5. The maximum Gasteiger partial charge on any atom is 0.477 e. The molecule has 0 aliphatic rings. The molecule has 3 rings (SSSR count). The van der Waals surface area contributed by atoms with Gasteiger partial charge in [0.1, 0.15) is 11.3 Å². The number of phosphoric ester groups is 1. The van der Waals surface area contributed by atoms with E-state index < -0.39 is 7.82 Å². The van der Waals surface area contributed by atoms with Gasteiger partial charge in [-0.3, -0.25) is 18.0 Å². The molecule has 28 heavy (non-hydrogen) atoms. The predicted octanol–water partition coefficient (Wildman–Crippen LogP) is 2.61. The van der Waals surface area contributed by atoms with Crippen LogP contribution in [0.15, 0.2) is 18.7 Å². The van der Waals surface area contributed by atoms with Gasteiger partial charge in [0, 0.05) is 18.9 Å². The standard InChI is InChI=1S/C16H25N6O5P/c1-11(2)26-28(23,27-12(3)4)25-10-24-8-7-21-9-19-13-14(17)22-6-5-18-16(22)20-15(13)21/h5-6,9,11-12H,7-8,10,17H2,1-4H3. The summed E-state index contributed by atoms with van der Waals surface area (Å²) in [5, 5.41) is 0. The molecule has 0 aliphatic carbocycles. The van der Waals surface area contributed by atoms with Crippen LogP contribution in [0.1, 0.15) is 27.7 Å². The molecule has 3 heterocycles. The third-order valence-corrected chi connectivity index (χ3v) is 5.37. The van der Waals surface area contributed by atoms with Gasteiger partial charge in [0.15, 0.2) is 12.4 Å². The first-order valence-electron chi connectivity index (χ1n) is 8.91. The van der Waals surface area contributed by atoms with Crippen LogP contribution in [0.3, 0.4) is 0 Å². The largest absolute Gasteiger partial charge is 0.477 e. The first kappa shape index (κ1) is 20.7. The van der Waals surface area contributed by atoms with Gasteiger partial charge in [0.2, 0.25) is 5.78 Å². The van der Waals surface area contributed by atoms with Crippen molar-refractivity contribution in [3.05, 3.63) is 18.7 Å². The van der Waals surface area contributed by atoms with E-state index in [9.17, 15) is 4.57 Å². The summed E-state index contributed by atoms with van der Waals surface area (Å²) in [6.45, 7) is 7.49. The Bertz CT molecular complexity index is 971. The molecule has 0 amide bonds. The van der Waals surface area contributed by atoms with E-state index in [-0.39, 0.29) is 25.6 Å². The van der Waals surface area contributed by atoms with Crippen molar-refractivity contribution in [2.75, 3.05) is 19.1 Å². The van der Waals surface area contributed by atoms with Crippen LogP contribution < -0.4 is 5.73 Å². The lowest BCUT2D eigenvalue weighted by Crippen LogP contribution is -2.13. The number of nitrogen functional groups attached to an aromatic ring is 1. The fourth-order valence-corrected chi connectivity index (χ4v) is 3.95. The van der Waals surface area contributed by atoms with Crippen molar-refractivity contribution in [1.29, 1.82) is 0 Å². The molecule has 0 spiro atoms. The number of hydrogen-bond donors (Lipinski definition) is 1. The highest BCUT2D eigenvalue weighted by Gasteiger charge is 2.29. The van der Waals surface area contributed by atoms with E-state index in [0.29, 0.717) is 29.3 Å². The van der Waals surface area contributed by atoms with Gasteiger partial charge < -0.3 is 15.0 Å². The van der Waals surface area contributed by atoms with Crippen LogP contribution in [-0.2, 0) is 29.4 Å². The number of imidazole rings is 2. The van der Waals surface area contributed by atoms with E-state index >= 15 is 0 Å². The van der Waals surface area contributed by atoms with E-state index in [0.717, 1.165) is 0 Å². The first-order valence-corrected chi connectivity index (χ1v) is 10.4. The van der Waals surface area contributed by atoms with E-state index in [4.69, 9.17) is 24.0 Å². The average Bonchev–Trinajstić information content (AvgIpc) is 3.21. The van der Waals surface area contributed by atoms with Crippen LogP contribution in [0.2, 0.25) is 0 Å². The van der Waals surface area contributed by atoms with Gasteiger partial charge in [-0.1, -0.05) is 0 Å². The highest BCUT2D eigenvalue weighted by molar-refractivity contribution is 7.48. The summed E-state index contributed by atoms with van der Waals surface area (Å²) < 4.78 is 37.3. The number of nitrogens with zero attached hydrogens (tertiary/aromatic N) is 5. The molecule has 11 nitrogen and oxygen atoms in total. The minimum Gasteiger partial charge on any atom is -0.383 e. The molecule has 0 atom stereocenters. The number of phosphoric acid groups is 1. The van der Waals surface area contributed by atoms with Crippen molar-refractivity contribution < 1.29 is 22.9 Å². The summed E-state index contributed by atoms with van der Waals surface area (Å²) in [5.41, 5.74) is 7.31. The lowest BCUT2D eigenvalue weighted by atomic mass is 10.5. The molecule has 0 unspecified atom stereocenters. The summed E-state index contributed by atoms with van der Waals surface area (Å²) in [6.07, 6.45) is 4.37. The zero-order valence-electron chi connectivity index (χ0n) is 16.3. The van der Waals surface area contributed by atoms with E-state index in [2.05, 4.69) is 15.0 Å². The van der Waals surface area contributed by atoms with Gasteiger partial charge in [-0.2, -0.15) is 4.98 Å². The molecular formula is C16H25N6O5P. The van der Waals surface area contributed by atoms with Crippen LogP contribution in [0.4, 0.5) is 5.82 Å². The number of hydrogen-bond acceptors (Lipinski definition) is 9. The number of rotatable bonds is 10. The normalized spacial score (nSPS) is 12.8. The third-order valence-electron chi connectivity index (χ3n) is 3.59. The minimum atomic E-state index is -3.68. The molecule has 0 radical (unpaired) electrons. The van der Waals surface area contributed by atoms with Crippen molar-refractivity contribution in [1.82, 2.24) is 23.9 Å². The first-order chi connectivity index (χ1) is 13.3. The highest BCUT2D eigenvalue weighted by Crippen LogP contribution is 2.51. The SMILES string of the molecule is CC(C)OP(=O)(OCOCCn1cnc2c(N)n3ccnc3nc21)OC(C)C. The van der Waals surface area contributed by atoms with E-state index in [1.807, 2.05) is 0 Å². The minimum absolute atomic E-state index is 0.233. The molecule has 0 aliphatic heterocycles. The Morgan fingerprint density at radius 3 is 2.57 bits per heavy atom. The van der Waals surface area contributed by atoms with Crippen molar-refractivity contribution in [3.63, 3.8) is 0 Å². The van der Waals surface area contributed by atoms with E-state index in [1.54, 1.807) is 55.4 Å². The summed E-state index contributed by atoms with van der Waals surface area (Å²) >= 11 is 0. The van der Waals surface area contributed by atoms with Crippen molar-refractivity contribution in [2.45, 2.75) is 46.4 Å². The zero-order chi connectivity index (χ0) is 20.3. The molecule has 3 aromatic rings. The summed E-state index contributed by atoms with van der Waals surface area (Å²) in [6, 6.07) is 0. The van der Waals surface area contributed by atoms with Crippen molar-refractivity contribution >= 4 is 30.6 Å². The summed E-state index contributed by atoms with van der Waals surface area (Å²) in [7, 11) is -3.68. The fraction of sp³-hybridized carbons (Fsp3) is 0.562. The molecule has 0 bridgehead atoms. The Morgan fingerprint density at radius 2 is 1.89 bits per heavy atom. The zero-order valence-corrected chi connectivity index (χ0v) is 17.2. The molecular weight excluding hydrogens is 387 g/mol. The van der Waals surface area contributed by atoms with Crippen molar-refractivity contribution in [2.24, 2.45) is 0 Å². The molecule has 0 saturated carbocycles. The number of anilines is 1. The molecule has 0 fully saturated rings. The van der Waals surface area contributed by atoms with Crippen LogP contribution in [0.25, 0.3) is 16.9 Å². The lowest BCUT2D eigenvalue weighted by Gasteiger charge is -2.21. The molecule has 0 aromatic carbocycles. The van der Waals surface area contributed by atoms with Crippen LogP contribution in [-0.4, -0.2) is 49.5 Å². The topological polar surface area (TPSA) is 128 Å². The third kappa shape index (κ3) is 4.68. The lowest BCUT2D eigenvalue weighted by molar-refractivity contribution is -0.0260. The molecule has 3 aromatic heterocycles. The maximum atomic E-state index is 12.5. The van der Waals surface area contributed by atoms with Gasteiger partial charge >= 0.3 is 7.82 Å². The second-order valence-electron chi connectivity index (χ2n) is 6.62. The van der Waals surface area contributed by atoms with E-state index in [1.165, 1.54) is 0 Å². The highest BCUT2D eigenvalue weighted by atomic mass is 31.2.